The molecule has 14 nitrogen and oxygen atoms in total. The molecule has 1 fully saturated rings. The lowest BCUT2D eigenvalue weighted by Gasteiger charge is -2.51. The zero-order valence-electron chi connectivity index (χ0n) is 16.8. The first-order valence-corrected chi connectivity index (χ1v) is 11.9. The summed E-state index contributed by atoms with van der Waals surface area (Å²) in [4.78, 5) is 48.8. The largest absolute Gasteiger partial charge is 0.477 e. The first kappa shape index (κ1) is 22.9. The van der Waals surface area contributed by atoms with Crippen LogP contribution in [-0.2, 0) is 24.1 Å². The van der Waals surface area contributed by atoms with E-state index in [4.69, 9.17) is 11.5 Å². The highest BCUT2D eigenvalue weighted by Crippen LogP contribution is 2.54. The van der Waals surface area contributed by atoms with E-state index in [9.17, 15) is 19.5 Å². The Morgan fingerprint density at radius 3 is 2.88 bits per heavy atom. The number of anilines is 2. The lowest BCUT2D eigenvalue weighted by molar-refractivity contribution is -0.146. The molecule has 0 aromatic carbocycles. The maximum absolute atomic E-state index is 12.7. The van der Waals surface area contributed by atoms with Crippen LogP contribution < -0.4 is 16.8 Å². The number of oxime groups is 1. The van der Waals surface area contributed by atoms with Crippen molar-refractivity contribution in [3.63, 3.8) is 0 Å². The van der Waals surface area contributed by atoms with E-state index in [1.807, 2.05) is 0 Å². The number of rotatable bonds is 8. The normalized spacial score (nSPS) is 22.3. The van der Waals surface area contributed by atoms with Crippen LogP contribution in [0.25, 0.3) is 0 Å². The molecule has 2 aliphatic heterocycles. The van der Waals surface area contributed by atoms with Crippen molar-refractivity contribution in [3.8, 4) is 0 Å². The van der Waals surface area contributed by atoms with Gasteiger partial charge in [-0.05, 0) is 0 Å². The van der Waals surface area contributed by atoms with Crippen molar-refractivity contribution >= 4 is 69.9 Å². The number of thiazole rings is 1. The van der Waals surface area contributed by atoms with Gasteiger partial charge >= 0.3 is 5.97 Å². The summed E-state index contributed by atoms with van der Waals surface area (Å²) in [7, 11) is 1.28. The fourth-order valence-electron chi connectivity index (χ4n) is 3.34. The first-order chi connectivity index (χ1) is 15.7. The molecule has 2 amide bonds. The van der Waals surface area contributed by atoms with Crippen LogP contribution in [0, 0.1) is 0 Å². The molecule has 2 aliphatic rings. The highest BCUT2D eigenvalue weighted by molar-refractivity contribution is 8.01. The molecule has 33 heavy (non-hydrogen) atoms. The summed E-state index contributed by atoms with van der Waals surface area (Å²) in [6, 6.07) is 0. The average molecular weight is 512 g/mol. The molecule has 2 atom stereocenters. The van der Waals surface area contributed by atoms with Crippen LogP contribution in [0.5, 0.6) is 0 Å². The lowest BCUT2D eigenvalue weighted by atomic mass is 9.98. The van der Waals surface area contributed by atoms with Gasteiger partial charge in [0.1, 0.15) is 19.0 Å². The number of fused-ring (bicyclic) bond motifs is 1. The second kappa shape index (κ2) is 8.91. The Labute approximate surface area is 198 Å². The topological polar surface area (TPSA) is 215 Å². The van der Waals surface area contributed by atoms with Gasteiger partial charge in [-0.3, -0.25) is 14.5 Å². The molecule has 17 heteroatoms. The number of β-lactam (4-membered cyclic amide) rings is 1. The van der Waals surface area contributed by atoms with Crippen molar-refractivity contribution < 1.29 is 24.3 Å². The maximum atomic E-state index is 12.7. The summed E-state index contributed by atoms with van der Waals surface area (Å²) in [5.41, 5.74) is 11.7. The maximum Gasteiger partial charge on any atom is 0.352 e. The Morgan fingerprint density at radius 1 is 1.52 bits per heavy atom. The highest BCUT2D eigenvalue weighted by Gasteiger charge is 2.56. The molecule has 0 spiro atoms. The van der Waals surface area contributed by atoms with E-state index in [0.29, 0.717) is 10.9 Å². The third kappa shape index (κ3) is 4.21. The Balaban J connectivity index is 1.87. The molecule has 0 saturated carbocycles. The summed E-state index contributed by atoms with van der Waals surface area (Å²) in [5, 5.41) is 25.6. The minimum absolute atomic E-state index is 0.00109. The van der Waals surface area contributed by atoms with Crippen molar-refractivity contribution in [3.05, 3.63) is 22.3 Å². The summed E-state index contributed by atoms with van der Waals surface area (Å²) >= 11 is 3.42. The van der Waals surface area contributed by atoms with Gasteiger partial charge in [-0.2, -0.15) is 0 Å². The minimum Gasteiger partial charge on any atom is -0.477 e. The van der Waals surface area contributed by atoms with Crippen LogP contribution >= 0.6 is 34.9 Å². The SMILES string of the molecule is CON=CC(=O)NC1(c2csc(N)n2)S[C@H]2CC(=O)N2C(C(=O)O)=C1CSc1nnc(N)[nH]1. The third-order valence-electron chi connectivity index (χ3n) is 4.67. The Kier molecular flexibility index (Phi) is 6.17. The highest BCUT2D eigenvalue weighted by atomic mass is 32.2. The van der Waals surface area contributed by atoms with Crippen LogP contribution in [0.2, 0.25) is 0 Å². The third-order valence-corrected chi connectivity index (χ3v) is 7.79. The van der Waals surface area contributed by atoms with Gasteiger partial charge in [0.25, 0.3) is 5.91 Å². The number of carboxylic acids is 1. The quantitative estimate of drug-likeness (QED) is 0.134. The van der Waals surface area contributed by atoms with Crippen molar-refractivity contribution in [2.75, 3.05) is 24.3 Å². The number of aromatic nitrogens is 4. The van der Waals surface area contributed by atoms with Gasteiger partial charge in [0.2, 0.25) is 11.9 Å². The van der Waals surface area contributed by atoms with Crippen LogP contribution in [0.3, 0.4) is 0 Å². The number of amides is 2. The monoisotopic (exact) mass is 511 g/mol. The van der Waals surface area contributed by atoms with Crippen molar-refractivity contribution in [1.29, 1.82) is 0 Å². The number of carbonyl (C=O) groups excluding carboxylic acids is 2. The number of aliphatic carboxylic acids is 1. The standard InChI is InChI=1S/C16H17N9O5S3/c1-30-19-3-8(26)22-16(7-5-31-14(18)20-7)6(4-32-15-21-13(17)23-24-15)11(12(28)29)25-9(27)2-10(25)33-16/h3,5,10H,2,4H2,1H3,(H2,18,20)(H,22,26)(H,28,29)(H3,17,21,23,24)/t10-,16?/m0/s1. The number of hydrogen-bond acceptors (Lipinski definition) is 13. The fourth-order valence-corrected chi connectivity index (χ4v) is 6.69. The van der Waals surface area contributed by atoms with Gasteiger partial charge in [-0.25, -0.2) is 9.78 Å². The number of nitrogen functional groups attached to an aromatic ring is 2. The van der Waals surface area contributed by atoms with Gasteiger partial charge in [0.15, 0.2) is 15.2 Å². The number of carboxylic acid groups (broad SMARTS) is 1. The van der Waals surface area contributed by atoms with Gasteiger partial charge < -0.3 is 31.7 Å². The number of nitrogens with zero attached hydrogens (tertiary/aromatic N) is 5. The number of nitrogens with one attached hydrogen (secondary N) is 2. The fraction of sp³-hybridized carbons (Fsp3) is 0.312. The number of aromatic amines is 1. The molecule has 0 radical (unpaired) electrons. The molecule has 4 heterocycles. The minimum atomic E-state index is -1.46. The second-order valence-electron chi connectivity index (χ2n) is 6.64. The number of thioether (sulfide) groups is 2. The van der Waals surface area contributed by atoms with Gasteiger partial charge in [0, 0.05) is 16.7 Å². The van der Waals surface area contributed by atoms with Crippen molar-refractivity contribution in [2.45, 2.75) is 21.8 Å². The average Bonchev–Trinajstić information content (AvgIpc) is 3.38. The van der Waals surface area contributed by atoms with E-state index in [-0.39, 0.29) is 40.4 Å². The Bertz CT molecular complexity index is 1180. The molecule has 0 bridgehead atoms. The summed E-state index contributed by atoms with van der Waals surface area (Å²) in [5.74, 6) is -2.24. The van der Waals surface area contributed by atoms with Gasteiger partial charge in [-0.1, -0.05) is 28.7 Å². The first-order valence-electron chi connectivity index (χ1n) is 9.13. The number of nitrogens with two attached hydrogens (primary N) is 2. The summed E-state index contributed by atoms with van der Waals surface area (Å²) < 4.78 is 0. The predicted octanol–water partition coefficient (Wildman–Crippen LogP) is -0.237. The number of H-pyrrole nitrogens is 1. The molecule has 1 saturated heterocycles. The number of hydrogen-bond donors (Lipinski definition) is 5. The Hall–Kier alpha value is -3.31. The molecular weight excluding hydrogens is 494 g/mol. The molecule has 2 aromatic rings. The molecule has 2 aromatic heterocycles. The molecule has 1 unspecified atom stereocenters. The molecule has 0 aliphatic carbocycles. The lowest BCUT2D eigenvalue weighted by Crippen LogP contribution is -2.61. The zero-order chi connectivity index (χ0) is 23.8. The van der Waals surface area contributed by atoms with Crippen molar-refractivity contribution in [1.82, 2.24) is 30.4 Å². The summed E-state index contributed by atoms with van der Waals surface area (Å²) in [6.07, 6.45) is 1.02. The number of carbonyl (C=O) groups is 3. The summed E-state index contributed by atoms with van der Waals surface area (Å²) in [6.45, 7) is 0. The second-order valence-corrected chi connectivity index (χ2v) is 9.88. The van der Waals surface area contributed by atoms with E-state index < -0.39 is 22.1 Å². The van der Waals surface area contributed by atoms with Gasteiger partial charge in [0.05, 0.1) is 17.5 Å². The molecule has 174 valence electrons. The van der Waals surface area contributed by atoms with Crippen LogP contribution in [0.1, 0.15) is 12.1 Å². The van der Waals surface area contributed by atoms with Crippen LogP contribution in [-0.4, -0.2) is 72.4 Å². The van der Waals surface area contributed by atoms with Gasteiger partial charge in [-0.15, -0.1) is 21.5 Å². The van der Waals surface area contributed by atoms with Crippen LogP contribution in [0.15, 0.2) is 27.0 Å². The van der Waals surface area contributed by atoms with E-state index in [1.54, 1.807) is 5.38 Å². The predicted molar refractivity (Wildman–Crippen MR) is 121 cm³/mol. The molecule has 4 rings (SSSR count). The van der Waals surface area contributed by atoms with Crippen molar-refractivity contribution in [2.24, 2.45) is 5.16 Å². The van der Waals surface area contributed by atoms with E-state index in [2.05, 4.69) is 35.5 Å². The zero-order valence-corrected chi connectivity index (χ0v) is 19.3. The molecular formula is C16H17N9O5S3. The van der Waals surface area contributed by atoms with E-state index in [0.717, 1.165) is 29.3 Å². The Morgan fingerprint density at radius 2 is 2.30 bits per heavy atom. The molecule has 7 N–H and O–H groups in total. The van der Waals surface area contributed by atoms with E-state index in [1.165, 1.54) is 23.8 Å². The smallest absolute Gasteiger partial charge is 0.352 e. The van der Waals surface area contributed by atoms with Crippen LogP contribution in [0.4, 0.5) is 11.1 Å². The van der Waals surface area contributed by atoms with E-state index >= 15 is 0 Å².